The Morgan fingerprint density at radius 2 is 1.96 bits per heavy atom. The van der Waals surface area contributed by atoms with Crippen LogP contribution < -0.4 is 10.2 Å². The van der Waals surface area contributed by atoms with Crippen LogP contribution in [0.25, 0.3) is 0 Å². The molecule has 1 unspecified atom stereocenters. The van der Waals surface area contributed by atoms with E-state index in [-0.39, 0.29) is 18.2 Å². The Hall–Kier alpha value is -2.86. The summed E-state index contributed by atoms with van der Waals surface area (Å²) in [6.45, 7) is 2.34. The summed E-state index contributed by atoms with van der Waals surface area (Å²) in [6, 6.07) is 13.4. The second-order valence-corrected chi connectivity index (χ2v) is 6.61. The summed E-state index contributed by atoms with van der Waals surface area (Å²) in [5.74, 6) is -1.22. The number of hydrogen-bond donors (Lipinski definition) is 1. The summed E-state index contributed by atoms with van der Waals surface area (Å²) in [5, 5.41) is 3.33. The minimum absolute atomic E-state index is 0.116. The number of benzene rings is 2. The number of carbonyl (C=O) groups excluding carboxylic acids is 3. The van der Waals surface area contributed by atoms with Gasteiger partial charge in [0.2, 0.25) is 11.8 Å². The highest BCUT2D eigenvalue weighted by Gasteiger charge is 2.35. The Balaban J connectivity index is 1.63. The smallest absolute Gasteiger partial charge is 0.338 e. The third kappa shape index (κ3) is 4.46. The molecule has 3 rings (SSSR count). The first kappa shape index (κ1) is 18.9. The summed E-state index contributed by atoms with van der Waals surface area (Å²) >= 11 is 5.98. The van der Waals surface area contributed by atoms with Gasteiger partial charge in [0.15, 0.2) is 0 Å². The number of esters is 1. The molecule has 1 atom stereocenters. The Labute approximate surface area is 162 Å². The number of hydrogen-bond acceptors (Lipinski definition) is 4. The van der Waals surface area contributed by atoms with Gasteiger partial charge in [0.1, 0.15) is 0 Å². The van der Waals surface area contributed by atoms with E-state index in [1.165, 1.54) is 0 Å². The van der Waals surface area contributed by atoms with E-state index in [1.54, 1.807) is 60.4 Å². The SMILES string of the molecule is CCOC(=O)c1ccc(NC(=O)C2CC(=O)N(c3cccc(Cl)c3)C2)cc1. The Morgan fingerprint density at radius 3 is 2.63 bits per heavy atom. The molecule has 1 heterocycles. The summed E-state index contributed by atoms with van der Waals surface area (Å²) in [6.07, 6.45) is 0.138. The molecule has 0 aromatic heterocycles. The lowest BCUT2D eigenvalue weighted by Gasteiger charge is -2.17. The molecule has 0 saturated carbocycles. The lowest BCUT2D eigenvalue weighted by Crippen LogP contribution is -2.28. The highest BCUT2D eigenvalue weighted by molar-refractivity contribution is 6.31. The van der Waals surface area contributed by atoms with E-state index in [1.807, 2.05) is 0 Å². The van der Waals surface area contributed by atoms with Gasteiger partial charge in [-0.1, -0.05) is 17.7 Å². The molecular weight excluding hydrogens is 368 g/mol. The molecule has 140 valence electrons. The van der Waals surface area contributed by atoms with Gasteiger partial charge in [-0.05, 0) is 49.4 Å². The van der Waals surface area contributed by atoms with E-state index >= 15 is 0 Å². The predicted octanol–water partition coefficient (Wildman–Crippen LogP) is 3.51. The van der Waals surface area contributed by atoms with E-state index in [4.69, 9.17) is 16.3 Å². The zero-order chi connectivity index (χ0) is 19.4. The van der Waals surface area contributed by atoms with Crippen molar-refractivity contribution in [3.8, 4) is 0 Å². The van der Waals surface area contributed by atoms with Crippen LogP contribution in [-0.4, -0.2) is 30.9 Å². The lowest BCUT2D eigenvalue weighted by atomic mass is 10.1. The maximum Gasteiger partial charge on any atom is 0.338 e. The van der Waals surface area contributed by atoms with Gasteiger partial charge < -0.3 is 15.0 Å². The Bertz CT molecular complexity index is 867. The number of halogens is 1. The zero-order valence-electron chi connectivity index (χ0n) is 14.8. The van der Waals surface area contributed by atoms with Gasteiger partial charge in [0, 0.05) is 29.4 Å². The zero-order valence-corrected chi connectivity index (χ0v) is 15.5. The third-order valence-corrected chi connectivity index (χ3v) is 4.51. The number of rotatable bonds is 5. The fourth-order valence-corrected chi connectivity index (χ4v) is 3.11. The summed E-state index contributed by atoms with van der Waals surface area (Å²) < 4.78 is 4.93. The van der Waals surface area contributed by atoms with Crippen molar-refractivity contribution in [3.63, 3.8) is 0 Å². The van der Waals surface area contributed by atoms with Crippen LogP contribution in [0.5, 0.6) is 0 Å². The minimum Gasteiger partial charge on any atom is -0.462 e. The van der Waals surface area contributed by atoms with Crippen molar-refractivity contribution in [1.82, 2.24) is 0 Å². The topological polar surface area (TPSA) is 75.7 Å². The van der Waals surface area contributed by atoms with Gasteiger partial charge in [-0.25, -0.2) is 4.79 Å². The second-order valence-electron chi connectivity index (χ2n) is 6.17. The number of amides is 2. The number of anilines is 2. The number of ether oxygens (including phenoxy) is 1. The first-order valence-electron chi connectivity index (χ1n) is 8.62. The van der Waals surface area contributed by atoms with Crippen molar-refractivity contribution < 1.29 is 19.1 Å². The van der Waals surface area contributed by atoms with Crippen molar-refractivity contribution >= 4 is 40.8 Å². The fourth-order valence-electron chi connectivity index (χ4n) is 2.93. The van der Waals surface area contributed by atoms with Gasteiger partial charge >= 0.3 is 5.97 Å². The van der Waals surface area contributed by atoms with Gasteiger partial charge in [-0.3, -0.25) is 9.59 Å². The van der Waals surface area contributed by atoms with E-state index in [2.05, 4.69) is 5.32 Å². The van der Waals surface area contributed by atoms with Crippen LogP contribution in [0.2, 0.25) is 5.02 Å². The maximum atomic E-state index is 12.5. The molecule has 1 N–H and O–H groups in total. The van der Waals surface area contributed by atoms with Crippen molar-refractivity contribution in [3.05, 3.63) is 59.1 Å². The second kappa shape index (κ2) is 8.22. The average molecular weight is 387 g/mol. The van der Waals surface area contributed by atoms with E-state index < -0.39 is 11.9 Å². The van der Waals surface area contributed by atoms with Gasteiger partial charge in [-0.2, -0.15) is 0 Å². The summed E-state index contributed by atoms with van der Waals surface area (Å²) in [4.78, 5) is 38.0. The average Bonchev–Trinajstić information content (AvgIpc) is 3.04. The van der Waals surface area contributed by atoms with Crippen molar-refractivity contribution in [2.75, 3.05) is 23.4 Å². The summed E-state index contributed by atoms with van der Waals surface area (Å²) in [5.41, 5.74) is 1.65. The van der Waals surface area contributed by atoms with Gasteiger partial charge in [0.25, 0.3) is 0 Å². The Kier molecular flexibility index (Phi) is 5.76. The van der Waals surface area contributed by atoms with Crippen LogP contribution >= 0.6 is 11.6 Å². The molecule has 0 bridgehead atoms. The van der Waals surface area contributed by atoms with Crippen LogP contribution in [0.3, 0.4) is 0 Å². The molecular formula is C20H19ClN2O4. The van der Waals surface area contributed by atoms with Gasteiger partial charge in [-0.15, -0.1) is 0 Å². The normalized spacial score (nSPS) is 16.3. The van der Waals surface area contributed by atoms with Crippen molar-refractivity contribution in [1.29, 1.82) is 0 Å². The molecule has 7 heteroatoms. The van der Waals surface area contributed by atoms with E-state index in [0.29, 0.717) is 35.1 Å². The third-order valence-electron chi connectivity index (χ3n) is 4.28. The number of nitrogens with zero attached hydrogens (tertiary/aromatic N) is 1. The molecule has 2 aromatic rings. The van der Waals surface area contributed by atoms with Crippen molar-refractivity contribution in [2.45, 2.75) is 13.3 Å². The highest BCUT2D eigenvalue weighted by Crippen LogP contribution is 2.28. The highest BCUT2D eigenvalue weighted by atomic mass is 35.5. The molecule has 2 amide bonds. The minimum atomic E-state index is -0.457. The molecule has 0 spiro atoms. The fraction of sp³-hybridized carbons (Fsp3) is 0.250. The molecule has 0 radical (unpaired) electrons. The molecule has 2 aromatic carbocycles. The van der Waals surface area contributed by atoms with Crippen LogP contribution in [0, 0.1) is 5.92 Å². The quantitative estimate of drug-likeness (QED) is 0.798. The van der Waals surface area contributed by atoms with E-state index in [0.717, 1.165) is 0 Å². The number of carbonyl (C=O) groups is 3. The molecule has 1 saturated heterocycles. The van der Waals surface area contributed by atoms with Crippen LogP contribution in [0.15, 0.2) is 48.5 Å². The molecule has 0 aliphatic carbocycles. The molecule has 1 fully saturated rings. The lowest BCUT2D eigenvalue weighted by molar-refractivity contribution is -0.122. The standard InChI is InChI=1S/C20H19ClN2O4/c1-2-27-20(26)13-6-8-16(9-7-13)22-19(25)14-10-18(24)23(12-14)17-5-3-4-15(21)11-17/h3-9,11,14H,2,10,12H2,1H3,(H,22,25). The van der Waals surface area contributed by atoms with Crippen molar-refractivity contribution in [2.24, 2.45) is 5.92 Å². The first-order valence-corrected chi connectivity index (χ1v) is 8.99. The molecule has 1 aliphatic rings. The van der Waals surface area contributed by atoms with Gasteiger partial charge in [0.05, 0.1) is 18.1 Å². The largest absolute Gasteiger partial charge is 0.462 e. The predicted molar refractivity (Wildman–Crippen MR) is 103 cm³/mol. The van der Waals surface area contributed by atoms with E-state index in [9.17, 15) is 14.4 Å². The molecule has 1 aliphatic heterocycles. The summed E-state index contributed by atoms with van der Waals surface area (Å²) in [7, 11) is 0. The first-order chi connectivity index (χ1) is 13.0. The van der Waals surface area contributed by atoms with Crippen LogP contribution in [0.1, 0.15) is 23.7 Å². The maximum absolute atomic E-state index is 12.5. The van der Waals surface area contributed by atoms with Crippen LogP contribution in [-0.2, 0) is 14.3 Å². The Morgan fingerprint density at radius 1 is 1.22 bits per heavy atom. The monoisotopic (exact) mass is 386 g/mol. The van der Waals surface area contributed by atoms with Crippen LogP contribution in [0.4, 0.5) is 11.4 Å². The molecule has 27 heavy (non-hydrogen) atoms. The number of nitrogens with one attached hydrogen (secondary N) is 1. The molecule has 6 nitrogen and oxygen atoms in total.